The lowest BCUT2D eigenvalue weighted by molar-refractivity contribution is -0.132. The molecule has 6 nitrogen and oxygen atoms in total. The summed E-state index contributed by atoms with van der Waals surface area (Å²) in [5.74, 6) is 0.273. The third-order valence-corrected chi connectivity index (χ3v) is 5.23. The van der Waals surface area contributed by atoms with Crippen LogP contribution in [0.2, 0.25) is 0 Å². The van der Waals surface area contributed by atoms with Crippen LogP contribution in [0.25, 0.3) is 0 Å². The predicted molar refractivity (Wildman–Crippen MR) is 90.8 cm³/mol. The molecule has 2 aliphatic rings. The van der Waals surface area contributed by atoms with Gasteiger partial charge in [-0.3, -0.25) is 14.6 Å². The number of likely N-dealkylation sites (tertiary alicyclic amines) is 1. The molecule has 3 rings (SSSR count). The van der Waals surface area contributed by atoms with Crippen molar-refractivity contribution >= 4 is 11.9 Å². The molecule has 0 spiro atoms. The van der Waals surface area contributed by atoms with Gasteiger partial charge in [0.2, 0.25) is 0 Å². The lowest BCUT2D eigenvalue weighted by atomic mass is 9.80. The summed E-state index contributed by atoms with van der Waals surface area (Å²) in [7, 11) is 1.51. The molecule has 25 heavy (non-hydrogen) atoms. The van der Waals surface area contributed by atoms with Crippen molar-refractivity contribution in [3.63, 3.8) is 0 Å². The largest absolute Gasteiger partial charge is 0.492 e. The number of imide groups is 1. The van der Waals surface area contributed by atoms with Gasteiger partial charge < -0.3 is 10.1 Å². The Morgan fingerprint density at radius 2 is 2.04 bits per heavy atom. The number of piperidine rings is 1. The number of hydrogen-bond donors (Lipinski definition) is 1. The molecule has 0 saturated carbocycles. The normalized spacial score (nSPS) is 27.5. The zero-order valence-electron chi connectivity index (χ0n) is 14.6. The van der Waals surface area contributed by atoms with Crippen LogP contribution in [0.1, 0.15) is 19.8 Å². The van der Waals surface area contributed by atoms with Crippen molar-refractivity contribution in [2.45, 2.75) is 25.3 Å². The quantitative estimate of drug-likeness (QED) is 0.824. The summed E-state index contributed by atoms with van der Waals surface area (Å²) >= 11 is 0. The van der Waals surface area contributed by atoms with E-state index in [2.05, 4.69) is 10.2 Å². The standard InChI is InChI=1S/C18H24FN3O3/c1-18(16(23)21(2)17(24)20-18)13-4-3-9-22(12-13)10-11-25-15-7-5-14(19)6-8-15/h5-8,13H,3-4,9-12H2,1-2H3,(H,20,24)/t13-,18-/m1/s1. The van der Waals surface area contributed by atoms with Crippen molar-refractivity contribution in [1.29, 1.82) is 0 Å². The van der Waals surface area contributed by atoms with Crippen molar-refractivity contribution in [2.75, 3.05) is 33.3 Å². The highest BCUT2D eigenvalue weighted by Gasteiger charge is 2.51. The summed E-state index contributed by atoms with van der Waals surface area (Å²) in [6.45, 7) is 4.72. The Morgan fingerprint density at radius 1 is 1.32 bits per heavy atom. The molecule has 0 bridgehead atoms. The number of carbonyl (C=O) groups is 2. The molecule has 0 radical (unpaired) electrons. The fraction of sp³-hybridized carbons (Fsp3) is 0.556. The number of halogens is 1. The maximum absolute atomic E-state index is 12.9. The summed E-state index contributed by atoms with van der Waals surface area (Å²) in [5, 5.41) is 2.85. The molecule has 3 amide bonds. The summed E-state index contributed by atoms with van der Waals surface area (Å²) < 4.78 is 18.5. The van der Waals surface area contributed by atoms with Crippen LogP contribution in [-0.4, -0.2) is 60.6 Å². The maximum Gasteiger partial charge on any atom is 0.324 e. The Morgan fingerprint density at radius 3 is 2.68 bits per heavy atom. The number of urea groups is 1. The van der Waals surface area contributed by atoms with Crippen LogP contribution in [-0.2, 0) is 4.79 Å². The minimum Gasteiger partial charge on any atom is -0.492 e. The van der Waals surface area contributed by atoms with Gasteiger partial charge in [0.15, 0.2) is 0 Å². The van der Waals surface area contributed by atoms with E-state index in [4.69, 9.17) is 4.74 Å². The van der Waals surface area contributed by atoms with Crippen LogP contribution in [0, 0.1) is 11.7 Å². The number of rotatable bonds is 5. The molecule has 0 aromatic heterocycles. The molecule has 0 unspecified atom stereocenters. The molecule has 2 fully saturated rings. The van der Waals surface area contributed by atoms with Gasteiger partial charge in [0, 0.05) is 26.1 Å². The highest BCUT2D eigenvalue weighted by molar-refractivity contribution is 6.06. The van der Waals surface area contributed by atoms with E-state index in [1.54, 1.807) is 12.1 Å². The van der Waals surface area contributed by atoms with Crippen LogP contribution < -0.4 is 10.1 Å². The minimum absolute atomic E-state index is 0.0773. The number of hydrogen-bond acceptors (Lipinski definition) is 4. The van der Waals surface area contributed by atoms with Crippen molar-refractivity contribution < 1.29 is 18.7 Å². The average Bonchev–Trinajstić information content (AvgIpc) is 2.81. The second kappa shape index (κ2) is 7.00. The lowest BCUT2D eigenvalue weighted by Gasteiger charge is -2.39. The number of carbonyl (C=O) groups excluding carboxylic acids is 2. The molecule has 2 atom stereocenters. The molecule has 0 aliphatic carbocycles. The number of nitrogens with one attached hydrogen (secondary N) is 1. The predicted octanol–water partition coefficient (Wildman–Crippen LogP) is 1.86. The van der Waals surface area contributed by atoms with E-state index in [-0.39, 0.29) is 23.7 Å². The summed E-state index contributed by atoms with van der Waals surface area (Å²) in [5.41, 5.74) is -0.831. The Kier molecular flexibility index (Phi) is 4.94. The molecule has 1 aromatic rings. The van der Waals surface area contributed by atoms with Crippen molar-refractivity contribution in [3.05, 3.63) is 30.1 Å². The molecule has 1 N–H and O–H groups in total. The Bertz CT molecular complexity index is 651. The van der Waals surface area contributed by atoms with Gasteiger partial charge >= 0.3 is 6.03 Å². The van der Waals surface area contributed by atoms with E-state index >= 15 is 0 Å². The van der Waals surface area contributed by atoms with Crippen LogP contribution in [0.4, 0.5) is 9.18 Å². The van der Waals surface area contributed by atoms with Crippen LogP contribution >= 0.6 is 0 Å². The van der Waals surface area contributed by atoms with Gasteiger partial charge in [0.1, 0.15) is 23.7 Å². The van der Waals surface area contributed by atoms with E-state index in [0.717, 1.165) is 37.4 Å². The van der Waals surface area contributed by atoms with E-state index in [1.807, 2.05) is 6.92 Å². The van der Waals surface area contributed by atoms with Gasteiger partial charge in [-0.25, -0.2) is 9.18 Å². The van der Waals surface area contributed by atoms with Crippen molar-refractivity contribution in [2.24, 2.45) is 5.92 Å². The van der Waals surface area contributed by atoms with Crippen molar-refractivity contribution in [3.8, 4) is 5.75 Å². The fourth-order valence-electron chi connectivity index (χ4n) is 3.63. The molecular weight excluding hydrogens is 325 g/mol. The van der Waals surface area contributed by atoms with E-state index in [0.29, 0.717) is 12.4 Å². The summed E-state index contributed by atoms with van der Waals surface area (Å²) in [6.07, 6.45) is 1.88. The number of likely N-dealkylation sites (N-methyl/N-ethyl adjacent to an activating group) is 1. The molecular formula is C18H24FN3O3. The van der Waals surface area contributed by atoms with E-state index in [1.165, 1.54) is 19.2 Å². The third-order valence-electron chi connectivity index (χ3n) is 5.23. The van der Waals surface area contributed by atoms with Gasteiger partial charge in [0.05, 0.1) is 0 Å². The molecule has 136 valence electrons. The van der Waals surface area contributed by atoms with Gasteiger partial charge in [-0.15, -0.1) is 0 Å². The van der Waals surface area contributed by atoms with Crippen LogP contribution in [0.15, 0.2) is 24.3 Å². The molecule has 7 heteroatoms. The molecule has 2 aliphatic heterocycles. The molecule has 2 saturated heterocycles. The zero-order valence-corrected chi connectivity index (χ0v) is 14.6. The Labute approximate surface area is 146 Å². The fourth-order valence-corrected chi connectivity index (χ4v) is 3.63. The minimum atomic E-state index is -0.831. The first-order valence-corrected chi connectivity index (χ1v) is 8.61. The maximum atomic E-state index is 12.9. The van der Waals surface area contributed by atoms with Crippen molar-refractivity contribution in [1.82, 2.24) is 15.1 Å². The van der Waals surface area contributed by atoms with Gasteiger partial charge in [-0.1, -0.05) is 0 Å². The second-order valence-electron chi connectivity index (χ2n) is 6.94. The first kappa shape index (κ1) is 17.7. The summed E-state index contributed by atoms with van der Waals surface area (Å²) in [6, 6.07) is 5.63. The monoisotopic (exact) mass is 349 g/mol. The van der Waals surface area contributed by atoms with Gasteiger partial charge in [-0.05, 0) is 50.6 Å². The highest BCUT2D eigenvalue weighted by atomic mass is 19.1. The number of amides is 3. The first-order valence-electron chi connectivity index (χ1n) is 8.61. The summed E-state index contributed by atoms with van der Waals surface area (Å²) in [4.78, 5) is 27.7. The van der Waals surface area contributed by atoms with Crippen LogP contribution in [0.5, 0.6) is 5.75 Å². The molecule has 2 heterocycles. The van der Waals surface area contributed by atoms with Gasteiger partial charge in [-0.2, -0.15) is 0 Å². The zero-order chi connectivity index (χ0) is 18.0. The van der Waals surface area contributed by atoms with E-state index in [9.17, 15) is 14.0 Å². The first-order chi connectivity index (χ1) is 11.9. The Balaban J connectivity index is 1.54. The number of benzene rings is 1. The second-order valence-corrected chi connectivity index (χ2v) is 6.94. The topological polar surface area (TPSA) is 61.9 Å². The Hall–Kier alpha value is -2.15. The molecule has 1 aromatic carbocycles. The number of ether oxygens (including phenoxy) is 1. The SMILES string of the molecule is CN1C(=O)N[C@](C)([C@@H]2CCCN(CCOc3ccc(F)cc3)C2)C1=O. The lowest BCUT2D eigenvalue weighted by Crippen LogP contribution is -2.56. The highest BCUT2D eigenvalue weighted by Crippen LogP contribution is 2.31. The van der Waals surface area contributed by atoms with E-state index < -0.39 is 5.54 Å². The smallest absolute Gasteiger partial charge is 0.324 e. The third kappa shape index (κ3) is 3.61. The van der Waals surface area contributed by atoms with Gasteiger partial charge in [0.25, 0.3) is 5.91 Å². The average molecular weight is 349 g/mol. The van der Waals surface area contributed by atoms with Crippen LogP contribution in [0.3, 0.4) is 0 Å². The number of nitrogens with zero attached hydrogens (tertiary/aromatic N) is 2.